The highest BCUT2D eigenvalue weighted by atomic mass is 16.5. The second kappa shape index (κ2) is 4.97. The van der Waals surface area contributed by atoms with Crippen LogP contribution >= 0.6 is 0 Å². The van der Waals surface area contributed by atoms with Gasteiger partial charge >= 0.3 is 0 Å². The molecule has 1 heteroatoms. The summed E-state index contributed by atoms with van der Waals surface area (Å²) < 4.78 is 6.17. The van der Waals surface area contributed by atoms with Gasteiger partial charge in [0.25, 0.3) is 0 Å². The van der Waals surface area contributed by atoms with Crippen LogP contribution in [-0.2, 0) is 12.8 Å². The summed E-state index contributed by atoms with van der Waals surface area (Å²) in [5.74, 6) is 1.06. The third-order valence-corrected chi connectivity index (χ3v) is 4.30. The van der Waals surface area contributed by atoms with Gasteiger partial charge in [0.2, 0.25) is 0 Å². The smallest absolute Gasteiger partial charge is 0.123 e. The molecule has 0 saturated carbocycles. The number of benzene rings is 2. The van der Waals surface area contributed by atoms with Crippen LogP contribution in [0, 0.1) is 12.3 Å². The van der Waals surface area contributed by atoms with E-state index in [1.165, 1.54) is 16.7 Å². The molecule has 0 amide bonds. The van der Waals surface area contributed by atoms with Crippen LogP contribution < -0.4 is 4.74 Å². The zero-order valence-corrected chi connectivity index (χ0v) is 12.5. The highest BCUT2D eigenvalue weighted by Crippen LogP contribution is 2.38. The highest BCUT2D eigenvalue weighted by molar-refractivity contribution is 5.38. The number of rotatable bonds is 3. The minimum absolute atomic E-state index is 0.133. The minimum Gasteiger partial charge on any atom is -0.489 e. The van der Waals surface area contributed by atoms with Crippen molar-refractivity contribution in [3.63, 3.8) is 0 Å². The number of fused-ring (bicyclic) bond motifs is 1. The van der Waals surface area contributed by atoms with Gasteiger partial charge in [0.1, 0.15) is 11.9 Å². The second-order valence-electron chi connectivity index (χ2n) is 6.57. The molecule has 0 bridgehead atoms. The average Bonchev–Trinajstić information content (AvgIpc) is 2.86. The van der Waals surface area contributed by atoms with Crippen LogP contribution in [0.3, 0.4) is 0 Å². The second-order valence-corrected chi connectivity index (χ2v) is 6.57. The lowest BCUT2D eigenvalue weighted by Gasteiger charge is -2.31. The van der Waals surface area contributed by atoms with Crippen molar-refractivity contribution >= 4 is 0 Å². The van der Waals surface area contributed by atoms with E-state index < -0.39 is 0 Å². The Morgan fingerprint density at radius 2 is 1.75 bits per heavy atom. The Kier molecular flexibility index (Phi) is 3.29. The van der Waals surface area contributed by atoms with Crippen molar-refractivity contribution in [3.05, 3.63) is 65.2 Å². The van der Waals surface area contributed by atoms with E-state index in [4.69, 9.17) is 4.74 Å². The van der Waals surface area contributed by atoms with Crippen molar-refractivity contribution < 1.29 is 4.74 Å². The molecule has 1 nitrogen and oxygen atoms in total. The molecule has 3 rings (SSSR count). The molecule has 0 fully saturated rings. The van der Waals surface area contributed by atoms with Crippen LogP contribution in [0.4, 0.5) is 0 Å². The van der Waals surface area contributed by atoms with E-state index in [1.807, 2.05) is 6.07 Å². The van der Waals surface area contributed by atoms with E-state index in [-0.39, 0.29) is 11.5 Å². The summed E-state index contributed by atoms with van der Waals surface area (Å²) >= 11 is 0. The van der Waals surface area contributed by atoms with Crippen molar-refractivity contribution in [3.8, 4) is 5.75 Å². The van der Waals surface area contributed by atoms with E-state index in [0.29, 0.717) is 0 Å². The fourth-order valence-corrected chi connectivity index (χ4v) is 2.96. The Hall–Kier alpha value is -1.76. The van der Waals surface area contributed by atoms with Crippen LogP contribution in [0.1, 0.15) is 30.5 Å². The van der Waals surface area contributed by atoms with Gasteiger partial charge in [0, 0.05) is 11.8 Å². The lowest BCUT2D eigenvalue weighted by molar-refractivity contribution is 0.0935. The SMILES string of the molecule is Cc1ccc(CC(C)(C)C2Cc3ccccc3O2)cc1. The van der Waals surface area contributed by atoms with E-state index in [9.17, 15) is 0 Å². The molecule has 1 aliphatic heterocycles. The average molecular weight is 266 g/mol. The third-order valence-electron chi connectivity index (χ3n) is 4.30. The maximum absolute atomic E-state index is 6.17. The van der Waals surface area contributed by atoms with E-state index in [1.54, 1.807) is 0 Å². The first-order chi connectivity index (χ1) is 9.54. The van der Waals surface area contributed by atoms with Crippen LogP contribution in [0.15, 0.2) is 48.5 Å². The lowest BCUT2D eigenvalue weighted by Crippen LogP contribution is -2.35. The number of aryl methyl sites for hydroxylation is 1. The van der Waals surface area contributed by atoms with Gasteiger partial charge < -0.3 is 4.74 Å². The molecule has 0 saturated heterocycles. The predicted octanol–water partition coefficient (Wildman–Crippen LogP) is 4.57. The molecule has 0 aromatic heterocycles. The van der Waals surface area contributed by atoms with Crippen molar-refractivity contribution in [2.45, 2.75) is 39.7 Å². The number of hydrogen-bond donors (Lipinski definition) is 0. The standard InChI is InChI=1S/C19H22O/c1-14-8-10-15(11-9-14)13-19(2,3)18-12-16-6-4-5-7-17(16)20-18/h4-11,18H,12-13H2,1-3H3. The fraction of sp³-hybridized carbons (Fsp3) is 0.368. The maximum atomic E-state index is 6.17. The van der Waals surface area contributed by atoms with Crippen molar-refractivity contribution in [2.24, 2.45) is 5.41 Å². The van der Waals surface area contributed by atoms with Gasteiger partial charge in [-0.3, -0.25) is 0 Å². The minimum atomic E-state index is 0.133. The molecule has 1 atom stereocenters. The van der Waals surface area contributed by atoms with Gasteiger partial charge in [-0.2, -0.15) is 0 Å². The Bertz CT molecular complexity index is 570. The highest BCUT2D eigenvalue weighted by Gasteiger charge is 2.36. The largest absolute Gasteiger partial charge is 0.489 e. The quantitative estimate of drug-likeness (QED) is 0.791. The molecule has 104 valence electrons. The fourth-order valence-electron chi connectivity index (χ4n) is 2.96. The number of para-hydroxylation sites is 1. The van der Waals surface area contributed by atoms with Gasteiger partial charge in [0.05, 0.1) is 0 Å². The molecule has 20 heavy (non-hydrogen) atoms. The summed E-state index contributed by atoms with van der Waals surface area (Å²) in [6.07, 6.45) is 2.34. The summed E-state index contributed by atoms with van der Waals surface area (Å²) in [6.45, 7) is 6.75. The Morgan fingerprint density at radius 3 is 2.45 bits per heavy atom. The lowest BCUT2D eigenvalue weighted by atomic mass is 9.79. The first-order valence-electron chi connectivity index (χ1n) is 7.35. The van der Waals surface area contributed by atoms with Crippen LogP contribution in [0.25, 0.3) is 0 Å². The molecular formula is C19H22O. The normalized spacial score (nSPS) is 17.6. The van der Waals surface area contributed by atoms with Crippen LogP contribution in [-0.4, -0.2) is 6.10 Å². The zero-order chi connectivity index (χ0) is 14.2. The summed E-state index contributed by atoms with van der Waals surface area (Å²) in [5, 5.41) is 0. The summed E-state index contributed by atoms with van der Waals surface area (Å²) in [5.41, 5.74) is 4.18. The van der Waals surface area contributed by atoms with Gasteiger partial charge in [-0.15, -0.1) is 0 Å². The Balaban J connectivity index is 1.75. The Labute approximate surface area is 121 Å². The monoisotopic (exact) mass is 266 g/mol. The predicted molar refractivity (Wildman–Crippen MR) is 83.2 cm³/mol. The molecule has 1 aliphatic rings. The van der Waals surface area contributed by atoms with Gasteiger partial charge in [-0.1, -0.05) is 61.9 Å². The first-order valence-corrected chi connectivity index (χ1v) is 7.35. The summed E-state index contributed by atoms with van der Waals surface area (Å²) in [7, 11) is 0. The van der Waals surface area contributed by atoms with E-state index >= 15 is 0 Å². The van der Waals surface area contributed by atoms with Crippen LogP contribution in [0.5, 0.6) is 5.75 Å². The molecule has 1 unspecified atom stereocenters. The van der Waals surface area contributed by atoms with Crippen molar-refractivity contribution in [1.82, 2.24) is 0 Å². The van der Waals surface area contributed by atoms with Crippen molar-refractivity contribution in [2.75, 3.05) is 0 Å². The first kappa shape index (κ1) is 13.2. The molecular weight excluding hydrogens is 244 g/mol. The molecule has 0 N–H and O–H groups in total. The van der Waals surface area contributed by atoms with Crippen molar-refractivity contribution in [1.29, 1.82) is 0 Å². The van der Waals surface area contributed by atoms with Crippen LogP contribution in [0.2, 0.25) is 0 Å². The molecule has 2 aromatic rings. The molecule has 0 aliphatic carbocycles. The molecule has 1 heterocycles. The zero-order valence-electron chi connectivity index (χ0n) is 12.5. The molecule has 2 aromatic carbocycles. The van der Waals surface area contributed by atoms with Gasteiger partial charge in [-0.05, 0) is 30.5 Å². The number of ether oxygens (including phenoxy) is 1. The van der Waals surface area contributed by atoms with E-state index in [2.05, 4.69) is 63.2 Å². The maximum Gasteiger partial charge on any atom is 0.123 e. The summed E-state index contributed by atoms with van der Waals surface area (Å²) in [6, 6.07) is 17.3. The topological polar surface area (TPSA) is 9.23 Å². The number of hydrogen-bond acceptors (Lipinski definition) is 1. The summed E-state index contributed by atoms with van der Waals surface area (Å²) in [4.78, 5) is 0. The third kappa shape index (κ3) is 2.58. The molecule has 0 spiro atoms. The Morgan fingerprint density at radius 1 is 1.05 bits per heavy atom. The molecule has 0 radical (unpaired) electrons. The van der Waals surface area contributed by atoms with Gasteiger partial charge in [0.15, 0.2) is 0 Å². The van der Waals surface area contributed by atoms with Gasteiger partial charge in [-0.25, -0.2) is 0 Å². The van der Waals surface area contributed by atoms with E-state index in [0.717, 1.165) is 18.6 Å².